The minimum atomic E-state index is -0.187. The number of benzene rings is 2. The van der Waals surface area contributed by atoms with Crippen molar-refractivity contribution in [2.75, 3.05) is 51.3 Å². The first-order valence-electron chi connectivity index (χ1n) is 14.4. The smallest absolute Gasteiger partial charge is 0.255 e. The lowest BCUT2D eigenvalue weighted by Crippen LogP contribution is -2.47. The second-order valence-electron chi connectivity index (χ2n) is 11.3. The third kappa shape index (κ3) is 5.69. The van der Waals surface area contributed by atoms with Gasteiger partial charge in [-0.2, -0.15) is 0 Å². The van der Waals surface area contributed by atoms with E-state index >= 15 is 0 Å². The number of hydrogen-bond acceptors (Lipinski definition) is 6. The molecule has 2 aromatic carbocycles. The summed E-state index contributed by atoms with van der Waals surface area (Å²) in [5.41, 5.74) is 2.49. The van der Waals surface area contributed by atoms with Crippen LogP contribution in [0.2, 0.25) is 0 Å². The van der Waals surface area contributed by atoms with Gasteiger partial charge in [-0.25, -0.2) is 0 Å². The highest BCUT2D eigenvalue weighted by molar-refractivity contribution is 6.04. The molecule has 1 aromatic heterocycles. The molecular weight excluding hydrogens is 490 g/mol. The number of fused-ring (bicyclic) bond motifs is 1. The molecule has 1 aliphatic carbocycles. The summed E-state index contributed by atoms with van der Waals surface area (Å²) in [6, 6.07) is 13.5. The Morgan fingerprint density at radius 1 is 1.03 bits per heavy atom. The first kappa shape index (κ1) is 27.3. The van der Waals surface area contributed by atoms with Crippen LogP contribution in [0.1, 0.15) is 67.1 Å². The van der Waals surface area contributed by atoms with Crippen molar-refractivity contribution in [1.82, 2.24) is 10.2 Å². The molecule has 1 saturated carbocycles. The third-order valence-electron chi connectivity index (χ3n) is 8.63. The lowest BCUT2D eigenvalue weighted by atomic mass is 9.72. The number of rotatable bonds is 8. The number of methoxy groups -OCH3 is 1. The molecule has 1 saturated heterocycles. The molecule has 7 heteroatoms. The van der Waals surface area contributed by atoms with Crippen LogP contribution in [0.4, 0.5) is 5.69 Å². The van der Waals surface area contributed by atoms with Crippen molar-refractivity contribution in [2.45, 2.75) is 57.8 Å². The fraction of sp³-hybridized carbons (Fsp3) is 0.500. The lowest BCUT2D eigenvalue weighted by Gasteiger charge is -2.36. The number of nitrogens with zero attached hydrogens (tertiary/aromatic N) is 2. The van der Waals surface area contributed by atoms with Gasteiger partial charge in [0.25, 0.3) is 5.91 Å². The lowest BCUT2D eigenvalue weighted by molar-refractivity contribution is 0.0951. The number of para-hydroxylation sites is 3. The number of amides is 1. The van der Waals surface area contributed by atoms with Crippen LogP contribution in [0.25, 0.3) is 11.0 Å². The Morgan fingerprint density at radius 3 is 2.51 bits per heavy atom. The van der Waals surface area contributed by atoms with E-state index in [9.17, 15) is 9.59 Å². The second kappa shape index (κ2) is 11.8. The average Bonchev–Trinajstić information content (AvgIpc) is 2.97. The SMILES string of the molecule is COc1ccccc1N1CCN(CCCNC(=O)c2cccc3c(=O)c(C)c(C4(C)CCCCC4)oc23)CC1. The highest BCUT2D eigenvalue weighted by Crippen LogP contribution is 2.41. The number of carbonyl (C=O) groups is 1. The molecule has 1 aliphatic heterocycles. The van der Waals surface area contributed by atoms with Gasteiger partial charge in [-0.05, 0) is 57.0 Å². The molecule has 0 unspecified atom stereocenters. The molecule has 7 nitrogen and oxygen atoms in total. The Hall–Kier alpha value is -3.32. The quantitative estimate of drug-likeness (QED) is 0.399. The van der Waals surface area contributed by atoms with Crippen molar-refractivity contribution in [2.24, 2.45) is 0 Å². The largest absolute Gasteiger partial charge is 0.495 e. The Labute approximate surface area is 231 Å². The maximum atomic E-state index is 13.3. The van der Waals surface area contributed by atoms with Crippen molar-refractivity contribution in [3.8, 4) is 5.75 Å². The van der Waals surface area contributed by atoms with Crippen LogP contribution in [0, 0.1) is 6.92 Å². The zero-order valence-corrected chi connectivity index (χ0v) is 23.6. The van der Waals surface area contributed by atoms with Crippen LogP contribution >= 0.6 is 0 Å². The normalized spacial score (nSPS) is 17.8. The van der Waals surface area contributed by atoms with Gasteiger partial charge >= 0.3 is 0 Å². The van der Waals surface area contributed by atoms with E-state index in [0.29, 0.717) is 28.6 Å². The number of hydrogen-bond donors (Lipinski definition) is 1. The molecule has 0 radical (unpaired) electrons. The van der Waals surface area contributed by atoms with E-state index < -0.39 is 0 Å². The molecular formula is C32H41N3O4. The van der Waals surface area contributed by atoms with Crippen molar-refractivity contribution >= 4 is 22.6 Å². The van der Waals surface area contributed by atoms with Gasteiger partial charge < -0.3 is 19.4 Å². The third-order valence-corrected chi connectivity index (χ3v) is 8.63. The number of ether oxygens (including phenoxy) is 1. The molecule has 39 heavy (non-hydrogen) atoms. The van der Waals surface area contributed by atoms with Gasteiger partial charge in [0, 0.05) is 43.7 Å². The fourth-order valence-electron chi connectivity index (χ4n) is 6.33. The molecule has 0 bridgehead atoms. The summed E-state index contributed by atoms with van der Waals surface area (Å²) in [6.45, 7) is 9.40. The first-order chi connectivity index (χ1) is 18.9. The van der Waals surface area contributed by atoms with E-state index in [-0.39, 0.29) is 16.8 Å². The van der Waals surface area contributed by atoms with Crippen molar-refractivity contribution in [1.29, 1.82) is 0 Å². The van der Waals surface area contributed by atoms with Crippen molar-refractivity contribution in [3.05, 3.63) is 69.6 Å². The predicted octanol–water partition coefficient (Wildman–Crippen LogP) is 5.27. The maximum Gasteiger partial charge on any atom is 0.255 e. The molecule has 2 aliphatic rings. The van der Waals surface area contributed by atoms with E-state index in [1.54, 1.807) is 25.3 Å². The Kier molecular flexibility index (Phi) is 8.26. The monoisotopic (exact) mass is 531 g/mol. The fourth-order valence-corrected chi connectivity index (χ4v) is 6.33. The zero-order valence-electron chi connectivity index (χ0n) is 23.6. The minimum Gasteiger partial charge on any atom is -0.495 e. The van der Waals surface area contributed by atoms with E-state index in [4.69, 9.17) is 9.15 Å². The van der Waals surface area contributed by atoms with Gasteiger partial charge in [0.2, 0.25) is 0 Å². The molecule has 2 fully saturated rings. The molecule has 3 aromatic rings. The predicted molar refractivity (Wildman–Crippen MR) is 156 cm³/mol. The Balaban J connectivity index is 1.19. The zero-order chi connectivity index (χ0) is 27.4. The average molecular weight is 532 g/mol. The van der Waals surface area contributed by atoms with E-state index in [2.05, 4.69) is 28.1 Å². The summed E-state index contributed by atoms with van der Waals surface area (Å²) < 4.78 is 12.0. The Bertz CT molecular complexity index is 1370. The van der Waals surface area contributed by atoms with Gasteiger partial charge in [-0.3, -0.25) is 14.5 Å². The van der Waals surface area contributed by atoms with Crippen molar-refractivity contribution < 1.29 is 13.9 Å². The molecule has 5 rings (SSSR count). The highest BCUT2D eigenvalue weighted by Gasteiger charge is 2.34. The maximum absolute atomic E-state index is 13.3. The van der Waals surface area contributed by atoms with Gasteiger partial charge in [-0.1, -0.05) is 44.4 Å². The van der Waals surface area contributed by atoms with Crippen molar-refractivity contribution in [3.63, 3.8) is 0 Å². The first-order valence-corrected chi connectivity index (χ1v) is 14.4. The van der Waals surface area contributed by atoms with E-state index in [1.807, 2.05) is 25.1 Å². The summed E-state index contributed by atoms with van der Waals surface area (Å²) in [4.78, 5) is 31.3. The van der Waals surface area contributed by atoms with Crippen LogP contribution < -0.4 is 20.4 Å². The molecule has 0 spiro atoms. The van der Waals surface area contributed by atoms with Crippen LogP contribution in [0.5, 0.6) is 5.75 Å². The number of piperazine rings is 1. The van der Waals surface area contributed by atoms with E-state index in [0.717, 1.165) is 82.0 Å². The van der Waals surface area contributed by atoms with Crippen LogP contribution in [-0.2, 0) is 5.41 Å². The number of anilines is 1. The topological polar surface area (TPSA) is 75.0 Å². The summed E-state index contributed by atoms with van der Waals surface area (Å²) >= 11 is 0. The molecule has 2 heterocycles. The molecule has 1 amide bonds. The molecule has 208 valence electrons. The number of carbonyl (C=O) groups excluding carboxylic acids is 1. The summed E-state index contributed by atoms with van der Waals surface area (Å²) in [5.74, 6) is 1.48. The van der Waals surface area contributed by atoms with Gasteiger partial charge in [-0.15, -0.1) is 0 Å². The number of nitrogens with one attached hydrogen (secondary N) is 1. The summed E-state index contributed by atoms with van der Waals surface area (Å²) in [7, 11) is 1.71. The second-order valence-corrected chi connectivity index (χ2v) is 11.3. The summed E-state index contributed by atoms with van der Waals surface area (Å²) in [5, 5.41) is 3.55. The van der Waals surface area contributed by atoms with Gasteiger partial charge in [0.15, 0.2) is 11.0 Å². The minimum absolute atomic E-state index is 0.0278. The standard InChI is InChI=1S/C32H41N3O4/c1-23-28(36)24-11-9-12-25(29(24)39-30(23)32(2)15-7-4-8-16-32)31(37)33-17-10-18-34-19-21-35(22-20-34)26-13-5-6-14-27(26)38-3/h5-6,9,11-14H,4,7-8,10,15-22H2,1-3H3,(H,33,37). The molecule has 0 atom stereocenters. The highest BCUT2D eigenvalue weighted by atomic mass is 16.5. The van der Waals surface area contributed by atoms with Crippen LogP contribution in [0.3, 0.4) is 0 Å². The van der Waals surface area contributed by atoms with Crippen LogP contribution in [0.15, 0.2) is 51.7 Å². The van der Waals surface area contributed by atoms with Gasteiger partial charge in [0.05, 0.1) is 23.7 Å². The Morgan fingerprint density at radius 2 is 1.77 bits per heavy atom. The summed E-state index contributed by atoms with van der Waals surface area (Å²) in [6.07, 6.45) is 6.35. The van der Waals surface area contributed by atoms with Gasteiger partial charge in [0.1, 0.15) is 11.5 Å². The van der Waals surface area contributed by atoms with E-state index in [1.165, 1.54) is 6.42 Å². The molecule has 1 N–H and O–H groups in total. The van der Waals surface area contributed by atoms with Crippen LogP contribution in [-0.4, -0.2) is 57.2 Å².